The fraction of sp³-hybridized carbons (Fsp3) is 0.133. The molecule has 178 valence electrons. The molecule has 6 heteroatoms. The molecule has 0 saturated heterocycles. The van der Waals surface area contributed by atoms with Crippen LogP contribution in [0.3, 0.4) is 0 Å². The standard InChI is InChI=1S/C30H26N4O2/c1-19-8-10-25(30-34-33-20(2)36-30)17-27(19)26-11-9-22(16-29(31)35)15-28(26)24-7-3-5-21(14-24)13-23-6-4-12-32-18-23/h3-12,14-15,17-18H,13,16H2,1-2H3,(H2,31,35). The van der Waals surface area contributed by atoms with Crippen LogP contribution in [0.1, 0.15) is 28.1 Å². The summed E-state index contributed by atoms with van der Waals surface area (Å²) in [4.78, 5) is 15.9. The molecule has 0 atom stereocenters. The molecule has 0 saturated carbocycles. The molecule has 6 nitrogen and oxygen atoms in total. The van der Waals surface area contributed by atoms with Crippen LogP contribution in [0.15, 0.2) is 89.6 Å². The number of carbonyl (C=O) groups is 1. The van der Waals surface area contributed by atoms with E-state index in [1.807, 2.05) is 24.4 Å². The first-order valence-electron chi connectivity index (χ1n) is 11.8. The van der Waals surface area contributed by atoms with E-state index in [4.69, 9.17) is 10.2 Å². The number of nitrogens with two attached hydrogens (primary N) is 1. The van der Waals surface area contributed by atoms with Crippen LogP contribution in [0.2, 0.25) is 0 Å². The van der Waals surface area contributed by atoms with Gasteiger partial charge in [-0.2, -0.15) is 0 Å². The predicted octanol–water partition coefficient (Wildman–Crippen LogP) is 5.70. The van der Waals surface area contributed by atoms with Gasteiger partial charge in [0.05, 0.1) is 6.42 Å². The maximum Gasteiger partial charge on any atom is 0.247 e. The summed E-state index contributed by atoms with van der Waals surface area (Å²) in [6, 6.07) is 24.7. The highest BCUT2D eigenvalue weighted by atomic mass is 16.4. The number of rotatable bonds is 7. The summed E-state index contributed by atoms with van der Waals surface area (Å²) in [5.74, 6) is 0.650. The summed E-state index contributed by atoms with van der Waals surface area (Å²) in [5.41, 5.74) is 14.9. The van der Waals surface area contributed by atoms with Gasteiger partial charge >= 0.3 is 0 Å². The minimum Gasteiger partial charge on any atom is -0.421 e. The van der Waals surface area contributed by atoms with Crippen molar-refractivity contribution in [1.29, 1.82) is 0 Å². The summed E-state index contributed by atoms with van der Waals surface area (Å²) < 4.78 is 5.67. The van der Waals surface area contributed by atoms with Crippen LogP contribution < -0.4 is 5.73 Å². The first kappa shape index (κ1) is 23.2. The number of aryl methyl sites for hydroxylation is 2. The van der Waals surface area contributed by atoms with E-state index < -0.39 is 0 Å². The number of benzene rings is 3. The Hall–Kier alpha value is -4.58. The molecule has 3 aromatic carbocycles. The highest BCUT2D eigenvalue weighted by Gasteiger charge is 2.15. The highest BCUT2D eigenvalue weighted by Crippen LogP contribution is 2.37. The number of hydrogen-bond acceptors (Lipinski definition) is 5. The lowest BCUT2D eigenvalue weighted by Crippen LogP contribution is -2.13. The van der Waals surface area contributed by atoms with Crippen LogP contribution in [0, 0.1) is 13.8 Å². The monoisotopic (exact) mass is 474 g/mol. The number of primary amides is 1. The maximum absolute atomic E-state index is 11.7. The summed E-state index contributed by atoms with van der Waals surface area (Å²) >= 11 is 0. The summed E-state index contributed by atoms with van der Waals surface area (Å²) in [6.07, 6.45) is 4.63. The second-order valence-electron chi connectivity index (χ2n) is 8.92. The van der Waals surface area contributed by atoms with E-state index >= 15 is 0 Å². The van der Waals surface area contributed by atoms with Gasteiger partial charge < -0.3 is 10.2 Å². The zero-order valence-electron chi connectivity index (χ0n) is 20.2. The Labute approximate surface area is 209 Å². The molecular formula is C30H26N4O2. The first-order chi connectivity index (χ1) is 17.5. The van der Waals surface area contributed by atoms with Gasteiger partial charge in [0, 0.05) is 24.9 Å². The van der Waals surface area contributed by atoms with Crippen molar-refractivity contribution in [1.82, 2.24) is 15.2 Å². The Morgan fingerprint density at radius 2 is 1.67 bits per heavy atom. The molecule has 1 amide bonds. The van der Waals surface area contributed by atoms with Crippen molar-refractivity contribution in [3.05, 3.63) is 113 Å². The fourth-order valence-corrected chi connectivity index (χ4v) is 4.42. The minimum atomic E-state index is -0.357. The van der Waals surface area contributed by atoms with E-state index in [1.165, 1.54) is 5.56 Å². The summed E-state index contributed by atoms with van der Waals surface area (Å²) in [5, 5.41) is 8.16. The van der Waals surface area contributed by atoms with E-state index in [-0.39, 0.29) is 12.3 Å². The summed E-state index contributed by atoms with van der Waals surface area (Å²) in [7, 11) is 0. The number of nitrogens with zero attached hydrogens (tertiary/aromatic N) is 3. The molecule has 0 radical (unpaired) electrons. The maximum atomic E-state index is 11.7. The topological polar surface area (TPSA) is 94.9 Å². The number of pyridine rings is 1. The molecule has 2 N–H and O–H groups in total. The normalized spacial score (nSPS) is 10.9. The van der Waals surface area contributed by atoms with Crippen molar-refractivity contribution in [2.45, 2.75) is 26.7 Å². The van der Waals surface area contributed by atoms with Gasteiger partial charge in [0.2, 0.25) is 17.7 Å². The third-order valence-corrected chi connectivity index (χ3v) is 6.13. The molecule has 0 aliphatic carbocycles. The van der Waals surface area contributed by atoms with E-state index in [0.717, 1.165) is 50.9 Å². The molecule has 2 heterocycles. The van der Waals surface area contributed by atoms with Crippen molar-refractivity contribution >= 4 is 5.91 Å². The van der Waals surface area contributed by atoms with E-state index in [1.54, 1.807) is 13.1 Å². The number of hydrogen-bond donors (Lipinski definition) is 1. The average molecular weight is 475 g/mol. The third-order valence-electron chi connectivity index (χ3n) is 6.13. The van der Waals surface area contributed by atoms with Crippen molar-refractivity contribution in [3.63, 3.8) is 0 Å². The quantitative estimate of drug-likeness (QED) is 0.326. The van der Waals surface area contributed by atoms with Gasteiger partial charge in [-0.3, -0.25) is 9.78 Å². The van der Waals surface area contributed by atoms with Gasteiger partial charge in [-0.1, -0.05) is 54.6 Å². The van der Waals surface area contributed by atoms with Gasteiger partial charge in [0.1, 0.15) is 0 Å². The average Bonchev–Trinajstić information content (AvgIpc) is 3.31. The van der Waals surface area contributed by atoms with E-state index in [0.29, 0.717) is 11.8 Å². The molecule has 5 aromatic rings. The largest absolute Gasteiger partial charge is 0.421 e. The van der Waals surface area contributed by atoms with Crippen molar-refractivity contribution in [2.75, 3.05) is 0 Å². The van der Waals surface area contributed by atoms with Crippen LogP contribution in [-0.2, 0) is 17.6 Å². The Morgan fingerprint density at radius 1 is 0.806 bits per heavy atom. The van der Waals surface area contributed by atoms with Gasteiger partial charge in [0.15, 0.2) is 0 Å². The second-order valence-corrected chi connectivity index (χ2v) is 8.92. The van der Waals surface area contributed by atoms with Gasteiger partial charge in [0.25, 0.3) is 0 Å². The molecule has 0 fully saturated rings. The smallest absolute Gasteiger partial charge is 0.247 e. The second kappa shape index (κ2) is 9.96. The number of aromatic nitrogens is 3. The van der Waals surface area contributed by atoms with E-state index in [2.05, 4.69) is 76.7 Å². The van der Waals surface area contributed by atoms with Crippen LogP contribution >= 0.6 is 0 Å². The Morgan fingerprint density at radius 3 is 2.42 bits per heavy atom. The molecule has 5 rings (SSSR count). The van der Waals surface area contributed by atoms with Gasteiger partial charge in [-0.05, 0) is 76.1 Å². The van der Waals surface area contributed by atoms with E-state index in [9.17, 15) is 4.79 Å². The zero-order valence-corrected chi connectivity index (χ0v) is 20.2. The Balaban J connectivity index is 1.63. The molecule has 0 spiro atoms. The fourth-order valence-electron chi connectivity index (χ4n) is 4.42. The first-order valence-corrected chi connectivity index (χ1v) is 11.8. The predicted molar refractivity (Wildman–Crippen MR) is 140 cm³/mol. The molecule has 0 bridgehead atoms. The highest BCUT2D eigenvalue weighted by molar-refractivity contribution is 5.88. The lowest BCUT2D eigenvalue weighted by molar-refractivity contribution is -0.117. The Kier molecular flexibility index (Phi) is 6.41. The lowest BCUT2D eigenvalue weighted by Gasteiger charge is -2.16. The SMILES string of the molecule is Cc1nnc(-c2ccc(C)c(-c3ccc(CC(N)=O)cc3-c3cccc(Cc4cccnc4)c3)c2)o1. The molecule has 0 aliphatic heterocycles. The van der Waals surface area contributed by atoms with Crippen LogP contribution in [0.4, 0.5) is 0 Å². The van der Waals surface area contributed by atoms with Crippen molar-refractivity contribution < 1.29 is 9.21 Å². The van der Waals surface area contributed by atoms with Crippen LogP contribution in [0.5, 0.6) is 0 Å². The molecule has 0 aliphatic rings. The van der Waals surface area contributed by atoms with Gasteiger partial charge in [-0.25, -0.2) is 0 Å². The minimum absolute atomic E-state index is 0.183. The summed E-state index contributed by atoms with van der Waals surface area (Å²) in [6.45, 7) is 3.86. The molecule has 36 heavy (non-hydrogen) atoms. The number of carbonyl (C=O) groups excluding carboxylic acids is 1. The molecular weight excluding hydrogens is 448 g/mol. The van der Waals surface area contributed by atoms with Crippen LogP contribution in [0.25, 0.3) is 33.7 Å². The number of amides is 1. The Bertz CT molecular complexity index is 1540. The van der Waals surface area contributed by atoms with Crippen molar-refractivity contribution in [3.8, 4) is 33.7 Å². The van der Waals surface area contributed by atoms with Gasteiger partial charge in [-0.15, -0.1) is 10.2 Å². The zero-order chi connectivity index (χ0) is 25.1. The lowest BCUT2D eigenvalue weighted by atomic mass is 9.88. The van der Waals surface area contributed by atoms with Crippen LogP contribution in [-0.4, -0.2) is 21.1 Å². The van der Waals surface area contributed by atoms with Crippen molar-refractivity contribution in [2.24, 2.45) is 5.73 Å². The molecule has 0 unspecified atom stereocenters. The molecule has 2 aromatic heterocycles. The third kappa shape index (κ3) is 5.08.